The Morgan fingerprint density at radius 2 is 2.20 bits per heavy atom. The maximum absolute atomic E-state index is 9.77. The van der Waals surface area contributed by atoms with Gasteiger partial charge in [-0.05, 0) is 6.08 Å². The molecular weight excluding hydrogens is 149 g/mol. The zero-order chi connectivity index (χ0) is 7.33. The number of hydrogen-bond acceptors (Lipinski definition) is 3. The van der Waals surface area contributed by atoms with Gasteiger partial charge in [0.05, 0.1) is 0 Å². The largest absolute Gasteiger partial charge is 1.00 e. The average Bonchev–Trinajstić information content (AvgIpc) is 1.63. The van der Waals surface area contributed by atoms with Crippen molar-refractivity contribution in [2.45, 2.75) is 0 Å². The van der Waals surface area contributed by atoms with Gasteiger partial charge in [-0.15, -0.1) is 5.73 Å². The molecule has 0 aromatic heterocycles. The average molecular weight is 155 g/mol. The molecule has 0 bridgehead atoms. The Morgan fingerprint density at radius 1 is 1.70 bits per heavy atom. The van der Waals surface area contributed by atoms with Crippen LogP contribution in [-0.2, 0) is 10.3 Å². The van der Waals surface area contributed by atoms with Crippen LogP contribution in [0.3, 0.4) is 0 Å². The molecule has 0 aromatic rings. The van der Waals surface area contributed by atoms with Gasteiger partial charge in [0.1, 0.15) is 0 Å². The van der Waals surface area contributed by atoms with E-state index in [0.717, 1.165) is 0 Å². The molecule has 6 heteroatoms. The molecule has 0 saturated carbocycles. The zero-order valence-corrected chi connectivity index (χ0v) is 6.44. The van der Waals surface area contributed by atoms with Gasteiger partial charge in [-0.1, -0.05) is 6.58 Å². The predicted octanol–water partition coefficient (Wildman–Crippen LogP) is -3.62. The van der Waals surface area contributed by atoms with Gasteiger partial charge in [0.15, 0.2) is 10.3 Å². The molecule has 0 aromatic carbocycles. The SMILES string of the molecule is C=C=CCNS(=O)(=O)[O-].[Li+]. The third-order valence-electron chi connectivity index (χ3n) is 0.507. The van der Waals surface area contributed by atoms with Gasteiger partial charge in [0.2, 0.25) is 0 Å². The third kappa shape index (κ3) is 10.9. The molecule has 0 aliphatic heterocycles. The zero-order valence-electron chi connectivity index (χ0n) is 5.62. The van der Waals surface area contributed by atoms with Crippen LogP contribution in [0.5, 0.6) is 0 Å². The first-order chi connectivity index (χ1) is 4.06. The van der Waals surface area contributed by atoms with Gasteiger partial charge in [-0.25, -0.2) is 13.1 Å². The topological polar surface area (TPSA) is 69.2 Å². The van der Waals surface area contributed by atoms with Crippen molar-refractivity contribution in [2.75, 3.05) is 6.54 Å². The fourth-order valence-corrected chi connectivity index (χ4v) is 0.503. The minimum atomic E-state index is -4.30. The van der Waals surface area contributed by atoms with Crippen molar-refractivity contribution in [1.29, 1.82) is 0 Å². The minimum absolute atomic E-state index is 0. The standard InChI is InChI=1S/C4H7NO3S.Li/c1-2-3-4-5-9(6,7)8;/h3,5H,1,4H2,(H,6,7,8);/q;+1/p-1. The van der Waals surface area contributed by atoms with E-state index in [0.29, 0.717) is 0 Å². The Balaban J connectivity index is 0. The van der Waals surface area contributed by atoms with Gasteiger partial charge in [0.25, 0.3) is 0 Å². The van der Waals surface area contributed by atoms with Crippen LogP contribution in [0.15, 0.2) is 18.4 Å². The summed E-state index contributed by atoms with van der Waals surface area (Å²) in [5.41, 5.74) is 2.30. The summed E-state index contributed by atoms with van der Waals surface area (Å²) >= 11 is 0. The molecule has 0 rings (SSSR count). The first-order valence-corrected chi connectivity index (χ1v) is 3.52. The molecule has 4 nitrogen and oxygen atoms in total. The molecule has 0 fully saturated rings. The molecule has 0 aliphatic carbocycles. The monoisotopic (exact) mass is 155 g/mol. The first-order valence-electron chi connectivity index (χ1n) is 2.11. The summed E-state index contributed by atoms with van der Waals surface area (Å²) in [6.07, 6.45) is 1.30. The number of nitrogens with one attached hydrogen (secondary N) is 1. The Kier molecular flexibility index (Phi) is 7.27. The molecule has 10 heavy (non-hydrogen) atoms. The normalized spacial score (nSPS) is 9.30. The summed E-state index contributed by atoms with van der Waals surface area (Å²) < 4.78 is 31.0. The molecule has 0 unspecified atom stereocenters. The van der Waals surface area contributed by atoms with Crippen LogP contribution in [0.25, 0.3) is 0 Å². The van der Waals surface area contributed by atoms with Crippen molar-refractivity contribution in [3.63, 3.8) is 0 Å². The minimum Gasteiger partial charge on any atom is -0.735 e. The molecule has 52 valence electrons. The van der Waals surface area contributed by atoms with E-state index in [1.165, 1.54) is 6.08 Å². The Morgan fingerprint density at radius 3 is 2.50 bits per heavy atom. The van der Waals surface area contributed by atoms with Crippen LogP contribution in [0.2, 0.25) is 0 Å². The maximum Gasteiger partial charge on any atom is 1.00 e. The second-order valence-corrected chi connectivity index (χ2v) is 2.41. The Labute approximate surface area is 72.1 Å². The van der Waals surface area contributed by atoms with E-state index in [1.807, 2.05) is 0 Å². The van der Waals surface area contributed by atoms with Crippen LogP contribution in [0.1, 0.15) is 0 Å². The van der Waals surface area contributed by atoms with Crippen LogP contribution >= 0.6 is 0 Å². The second-order valence-electron chi connectivity index (χ2n) is 1.21. The number of rotatable bonds is 3. The molecule has 0 radical (unpaired) electrons. The summed E-state index contributed by atoms with van der Waals surface area (Å²) in [6, 6.07) is 0. The van der Waals surface area contributed by atoms with Gasteiger partial charge in [-0.2, -0.15) is 0 Å². The first kappa shape index (κ1) is 12.6. The summed E-state index contributed by atoms with van der Waals surface area (Å²) in [5, 5.41) is 0. The van der Waals surface area contributed by atoms with E-state index in [9.17, 15) is 13.0 Å². The summed E-state index contributed by atoms with van der Waals surface area (Å²) in [4.78, 5) is 0. The van der Waals surface area contributed by atoms with Gasteiger partial charge < -0.3 is 4.55 Å². The molecule has 0 atom stereocenters. The van der Waals surface area contributed by atoms with E-state index in [4.69, 9.17) is 0 Å². The molecular formula is C4H6LiNO3S. The molecule has 0 spiro atoms. The molecule has 0 heterocycles. The fourth-order valence-electron chi connectivity index (χ4n) is 0.216. The Bertz CT molecular complexity index is 217. The van der Waals surface area contributed by atoms with Crippen molar-refractivity contribution in [2.24, 2.45) is 0 Å². The predicted molar refractivity (Wildman–Crippen MR) is 31.4 cm³/mol. The molecule has 1 N–H and O–H groups in total. The van der Waals surface area contributed by atoms with E-state index < -0.39 is 10.3 Å². The van der Waals surface area contributed by atoms with Gasteiger partial charge in [0, 0.05) is 6.54 Å². The van der Waals surface area contributed by atoms with E-state index >= 15 is 0 Å². The smallest absolute Gasteiger partial charge is 0.735 e. The van der Waals surface area contributed by atoms with Crippen molar-refractivity contribution in [3.05, 3.63) is 18.4 Å². The van der Waals surface area contributed by atoms with Crippen molar-refractivity contribution < 1.29 is 31.8 Å². The van der Waals surface area contributed by atoms with Gasteiger partial charge >= 0.3 is 18.9 Å². The van der Waals surface area contributed by atoms with Crippen LogP contribution in [-0.4, -0.2) is 19.5 Å². The summed E-state index contributed by atoms with van der Waals surface area (Å²) in [7, 11) is -4.30. The van der Waals surface area contributed by atoms with E-state index in [-0.39, 0.29) is 25.4 Å². The molecule has 0 aliphatic rings. The quantitative estimate of drug-likeness (QED) is 0.260. The van der Waals surface area contributed by atoms with Crippen LogP contribution in [0, 0.1) is 0 Å². The van der Waals surface area contributed by atoms with Crippen molar-refractivity contribution in [3.8, 4) is 0 Å². The number of hydrogen-bond donors (Lipinski definition) is 1. The van der Waals surface area contributed by atoms with Crippen LogP contribution in [0.4, 0.5) is 0 Å². The van der Waals surface area contributed by atoms with Gasteiger partial charge in [-0.3, -0.25) is 0 Å². The van der Waals surface area contributed by atoms with E-state index in [1.54, 1.807) is 4.72 Å². The molecule has 0 saturated heterocycles. The maximum atomic E-state index is 9.77. The second kappa shape index (κ2) is 5.75. The van der Waals surface area contributed by atoms with E-state index in [2.05, 4.69) is 12.3 Å². The van der Waals surface area contributed by atoms with Crippen LogP contribution < -0.4 is 23.6 Å². The third-order valence-corrected chi connectivity index (χ3v) is 1.03. The van der Waals surface area contributed by atoms with Crippen molar-refractivity contribution in [1.82, 2.24) is 4.72 Å². The van der Waals surface area contributed by atoms with Crippen molar-refractivity contribution >= 4 is 10.3 Å². The Hall–Kier alpha value is -0.0126. The fraction of sp³-hybridized carbons (Fsp3) is 0.250. The summed E-state index contributed by atoms with van der Waals surface area (Å²) in [6.45, 7) is 3.12. The summed E-state index contributed by atoms with van der Waals surface area (Å²) in [5.74, 6) is 0. The molecule has 0 amide bonds.